The van der Waals surface area contributed by atoms with E-state index in [2.05, 4.69) is 0 Å². The van der Waals surface area contributed by atoms with Crippen LogP contribution >= 0.6 is 0 Å². The van der Waals surface area contributed by atoms with Crippen molar-refractivity contribution in [1.29, 1.82) is 0 Å². The van der Waals surface area contributed by atoms with Crippen molar-refractivity contribution in [3.8, 4) is 22.6 Å². The number of hydrogen-bond donors (Lipinski definition) is 1. The minimum atomic E-state index is -1.17. The summed E-state index contributed by atoms with van der Waals surface area (Å²) in [6, 6.07) is 19.9. The fourth-order valence-electron chi connectivity index (χ4n) is 2.97. The highest BCUT2D eigenvalue weighted by Crippen LogP contribution is 2.27. The highest BCUT2D eigenvalue weighted by atomic mass is 19.1. The van der Waals surface area contributed by atoms with Crippen LogP contribution in [0.4, 0.5) is 4.39 Å². The second-order valence-electron chi connectivity index (χ2n) is 6.44. The Hall–Kier alpha value is -3.80. The Labute approximate surface area is 165 Å². The molecule has 0 amide bonds. The summed E-state index contributed by atoms with van der Waals surface area (Å²) in [6.07, 6.45) is 1.66. The Kier molecular flexibility index (Phi) is 5.16. The van der Waals surface area contributed by atoms with Crippen molar-refractivity contribution in [2.24, 2.45) is 0 Å². The fraction of sp³-hybridized carbons (Fsp3) is 0.0870. The van der Waals surface area contributed by atoms with Gasteiger partial charge >= 0.3 is 5.97 Å². The number of carboxylic acid groups (broad SMARTS) is 1. The molecule has 0 fully saturated rings. The number of carboxylic acids is 1. The molecule has 0 bridgehead atoms. The lowest BCUT2D eigenvalue weighted by Gasteiger charge is -2.10. The van der Waals surface area contributed by atoms with E-state index in [-0.39, 0.29) is 12.4 Å². The Balaban J connectivity index is 1.45. The van der Waals surface area contributed by atoms with Gasteiger partial charge in [-0.15, -0.1) is 0 Å². The third-order valence-electron chi connectivity index (χ3n) is 4.38. The molecule has 5 nitrogen and oxygen atoms in total. The predicted molar refractivity (Wildman–Crippen MR) is 106 cm³/mol. The van der Waals surface area contributed by atoms with Gasteiger partial charge in [-0.05, 0) is 47.0 Å². The Morgan fingerprint density at radius 3 is 2.66 bits per heavy atom. The molecule has 29 heavy (non-hydrogen) atoms. The molecule has 0 aliphatic heterocycles. The zero-order valence-electron chi connectivity index (χ0n) is 15.3. The number of carbonyl (C=O) groups is 1. The number of ether oxygens (including phenoxy) is 2. The highest BCUT2D eigenvalue weighted by Gasteiger charge is 2.08. The summed E-state index contributed by atoms with van der Waals surface area (Å²) in [5.74, 6) is -1.65. The molecule has 4 aromatic rings. The Bertz CT molecular complexity index is 1160. The van der Waals surface area contributed by atoms with Crippen LogP contribution in [0.15, 0.2) is 77.4 Å². The number of furan rings is 1. The van der Waals surface area contributed by atoms with Gasteiger partial charge in [0.05, 0.1) is 6.26 Å². The SMILES string of the molecule is O=C(O)COc1ccc(OCc2cccc(-c3ccc4ccoc4c3)c2)cc1F. The summed E-state index contributed by atoms with van der Waals surface area (Å²) in [6.45, 7) is -0.348. The van der Waals surface area contributed by atoms with E-state index < -0.39 is 18.4 Å². The average Bonchev–Trinajstić information content (AvgIpc) is 3.19. The number of hydrogen-bond acceptors (Lipinski definition) is 4. The smallest absolute Gasteiger partial charge is 0.341 e. The highest BCUT2D eigenvalue weighted by molar-refractivity contribution is 5.83. The summed E-state index contributed by atoms with van der Waals surface area (Å²) >= 11 is 0. The van der Waals surface area contributed by atoms with Crippen LogP contribution in [-0.4, -0.2) is 17.7 Å². The van der Waals surface area contributed by atoms with Crippen LogP contribution in [-0.2, 0) is 11.4 Å². The maximum absolute atomic E-state index is 14.0. The van der Waals surface area contributed by atoms with E-state index in [0.29, 0.717) is 5.75 Å². The minimum Gasteiger partial charge on any atom is -0.489 e. The minimum absolute atomic E-state index is 0.130. The molecule has 0 aliphatic rings. The van der Waals surface area contributed by atoms with Gasteiger partial charge in [-0.3, -0.25) is 0 Å². The predicted octanol–water partition coefficient (Wildman–Crippen LogP) is 5.28. The van der Waals surface area contributed by atoms with Gasteiger partial charge in [-0.1, -0.05) is 30.3 Å². The topological polar surface area (TPSA) is 68.9 Å². The first-order valence-electron chi connectivity index (χ1n) is 8.92. The van der Waals surface area contributed by atoms with Crippen LogP contribution in [0.1, 0.15) is 5.56 Å². The first-order chi connectivity index (χ1) is 14.1. The lowest BCUT2D eigenvalue weighted by molar-refractivity contribution is -0.139. The number of benzene rings is 3. The molecule has 1 N–H and O–H groups in total. The zero-order valence-corrected chi connectivity index (χ0v) is 15.3. The molecule has 0 spiro atoms. The van der Waals surface area contributed by atoms with Gasteiger partial charge in [-0.2, -0.15) is 0 Å². The summed E-state index contributed by atoms with van der Waals surface area (Å²) in [4.78, 5) is 10.5. The van der Waals surface area contributed by atoms with Gasteiger partial charge in [-0.25, -0.2) is 9.18 Å². The van der Waals surface area contributed by atoms with Crippen molar-refractivity contribution in [2.45, 2.75) is 6.61 Å². The van der Waals surface area contributed by atoms with Crippen LogP contribution in [0.2, 0.25) is 0 Å². The lowest BCUT2D eigenvalue weighted by atomic mass is 10.0. The van der Waals surface area contributed by atoms with Gasteiger partial charge in [0.1, 0.15) is 17.9 Å². The normalized spacial score (nSPS) is 10.8. The molecule has 0 aliphatic carbocycles. The third kappa shape index (κ3) is 4.38. The molecule has 0 atom stereocenters. The monoisotopic (exact) mass is 392 g/mol. The van der Waals surface area contributed by atoms with E-state index in [4.69, 9.17) is 19.0 Å². The fourth-order valence-corrected chi connectivity index (χ4v) is 2.97. The molecule has 0 radical (unpaired) electrons. The average molecular weight is 392 g/mol. The van der Waals surface area contributed by atoms with E-state index >= 15 is 0 Å². The number of halogens is 1. The van der Waals surface area contributed by atoms with E-state index in [1.54, 1.807) is 6.26 Å². The Morgan fingerprint density at radius 2 is 1.83 bits per heavy atom. The molecule has 0 saturated carbocycles. The molecule has 6 heteroatoms. The van der Waals surface area contributed by atoms with Crippen molar-refractivity contribution in [3.05, 3.63) is 84.4 Å². The number of fused-ring (bicyclic) bond motifs is 1. The zero-order chi connectivity index (χ0) is 20.2. The largest absolute Gasteiger partial charge is 0.489 e. The molecule has 1 heterocycles. The summed E-state index contributed by atoms with van der Waals surface area (Å²) < 4.78 is 30.0. The van der Waals surface area contributed by atoms with Crippen molar-refractivity contribution in [3.63, 3.8) is 0 Å². The van der Waals surface area contributed by atoms with E-state index in [1.165, 1.54) is 18.2 Å². The van der Waals surface area contributed by atoms with Crippen molar-refractivity contribution in [2.75, 3.05) is 6.61 Å². The summed E-state index contributed by atoms with van der Waals surface area (Å²) in [5.41, 5.74) is 3.80. The van der Waals surface area contributed by atoms with E-state index in [1.807, 2.05) is 48.5 Å². The van der Waals surface area contributed by atoms with Crippen molar-refractivity contribution in [1.82, 2.24) is 0 Å². The standard InChI is InChI=1S/C23H17FO5/c24-20-12-19(6-7-21(20)29-14-23(25)26)28-13-15-2-1-3-17(10-15)18-5-4-16-8-9-27-22(16)11-18/h1-12H,13-14H2,(H,25,26). The van der Waals surface area contributed by atoms with Crippen LogP contribution in [0.5, 0.6) is 11.5 Å². The first-order valence-corrected chi connectivity index (χ1v) is 8.92. The van der Waals surface area contributed by atoms with Crippen molar-refractivity contribution >= 4 is 16.9 Å². The summed E-state index contributed by atoms with van der Waals surface area (Å²) in [7, 11) is 0. The number of aliphatic carboxylic acids is 1. The first kappa shape index (κ1) is 18.6. The molecular formula is C23H17FO5. The second-order valence-corrected chi connectivity index (χ2v) is 6.44. The Morgan fingerprint density at radius 1 is 0.966 bits per heavy atom. The van der Waals surface area contributed by atoms with Crippen LogP contribution < -0.4 is 9.47 Å². The van der Waals surface area contributed by atoms with Crippen LogP contribution in [0.3, 0.4) is 0 Å². The van der Waals surface area contributed by atoms with Crippen molar-refractivity contribution < 1.29 is 28.2 Å². The summed E-state index contributed by atoms with van der Waals surface area (Å²) in [5, 5.41) is 9.65. The molecule has 146 valence electrons. The molecule has 3 aromatic carbocycles. The molecular weight excluding hydrogens is 375 g/mol. The molecule has 4 rings (SSSR count). The maximum Gasteiger partial charge on any atom is 0.341 e. The second kappa shape index (κ2) is 8.06. The lowest BCUT2D eigenvalue weighted by Crippen LogP contribution is -2.10. The van der Waals surface area contributed by atoms with E-state index in [0.717, 1.165) is 27.7 Å². The van der Waals surface area contributed by atoms with Crippen LogP contribution in [0, 0.1) is 5.82 Å². The maximum atomic E-state index is 14.0. The van der Waals surface area contributed by atoms with Gasteiger partial charge < -0.3 is 19.0 Å². The van der Waals surface area contributed by atoms with Crippen LogP contribution in [0.25, 0.3) is 22.1 Å². The molecule has 0 saturated heterocycles. The third-order valence-corrected chi connectivity index (χ3v) is 4.38. The van der Waals surface area contributed by atoms with Gasteiger partial charge in [0.15, 0.2) is 18.2 Å². The van der Waals surface area contributed by atoms with Gasteiger partial charge in [0.25, 0.3) is 0 Å². The van der Waals surface area contributed by atoms with E-state index in [9.17, 15) is 9.18 Å². The van der Waals surface area contributed by atoms with Gasteiger partial charge in [0.2, 0.25) is 0 Å². The molecule has 1 aromatic heterocycles. The van der Waals surface area contributed by atoms with Gasteiger partial charge in [0, 0.05) is 11.5 Å². The molecule has 0 unspecified atom stereocenters. The quantitative estimate of drug-likeness (QED) is 0.463. The number of rotatable bonds is 7.